The highest BCUT2D eigenvalue weighted by atomic mass is 32.2. The molecular weight excluding hydrogens is 438 g/mol. The lowest BCUT2D eigenvalue weighted by molar-refractivity contribution is -0.123. The Morgan fingerprint density at radius 2 is 2.03 bits per heavy atom. The molecule has 0 aromatic heterocycles. The quantitative estimate of drug-likeness (QED) is 0.557. The van der Waals surface area contributed by atoms with Crippen LogP contribution in [0.15, 0.2) is 28.0 Å². The lowest BCUT2D eigenvalue weighted by Gasteiger charge is -2.31. The first kappa shape index (κ1) is 24.0. The number of sulfonamides is 1. The Balaban J connectivity index is 1.74. The number of amides is 2. The zero-order valence-corrected chi connectivity index (χ0v) is 19.8. The summed E-state index contributed by atoms with van der Waals surface area (Å²) < 4.78 is 33.1. The number of benzene rings is 1. The Bertz CT molecular complexity index is 898. The molecule has 1 aromatic rings. The van der Waals surface area contributed by atoms with Crippen LogP contribution in [0.3, 0.4) is 0 Å². The van der Waals surface area contributed by atoms with Gasteiger partial charge in [-0.2, -0.15) is 4.31 Å². The fourth-order valence-electron chi connectivity index (χ4n) is 3.64. The number of hydrogen-bond acceptors (Lipinski definition) is 6. The highest BCUT2D eigenvalue weighted by Crippen LogP contribution is 2.37. The van der Waals surface area contributed by atoms with Gasteiger partial charge in [0.15, 0.2) is 0 Å². The van der Waals surface area contributed by atoms with Crippen molar-refractivity contribution in [3.63, 3.8) is 0 Å². The molecule has 0 atom stereocenters. The molecule has 1 saturated heterocycles. The molecule has 0 aliphatic carbocycles. The predicted molar refractivity (Wildman–Crippen MR) is 121 cm³/mol. The maximum Gasteiger partial charge on any atom is 0.243 e. The number of thioether (sulfide) groups is 1. The summed E-state index contributed by atoms with van der Waals surface area (Å²) in [6.07, 6.45) is 2.37. The zero-order chi connectivity index (χ0) is 22.4. The fourth-order valence-corrected chi connectivity index (χ4v) is 6.04. The third kappa shape index (κ3) is 6.00. The number of carbonyl (C=O) groups is 2. The number of piperidine rings is 1. The SMILES string of the molecule is CCOCCCNC(=O)CN1C(=O)CSc2ccc(S(=O)(=O)N3CCC(C)CC3)cc21. The van der Waals surface area contributed by atoms with Gasteiger partial charge in [0.1, 0.15) is 6.54 Å². The average Bonchev–Trinajstić information content (AvgIpc) is 2.75. The largest absolute Gasteiger partial charge is 0.382 e. The number of anilines is 1. The van der Waals surface area contributed by atoms with Gasteiger partial charge in [0.25, 0.3) is 0 Å². The molecule has 2 aliphatic heterocycles. The number of carbonyl (C=O) groups excluding carboxylic acids is 2. The van der Waals surface area contributed by atoms with Gasteiger partial charge in [-0.15, -0.1) is 11.8 Å². The van der Waals surface area contributed by atoms with E-state index in [4.69, 9.17) is 4.74 Å². The van der Waals surface area contributed by atoms with Gasteiger partial charge < -0.3 is 15.0 Å². The van der Waals surface area contributed by atoms with Crippen LogP contribution in [0.4, 0.5) is 5.69 Å². The Morgan fingerprint density at radius 3 is 2.74 bits per heavy atom. The van der Waals surface area contributed by atoms with Crippen LogP contribution in [-0.4, -0.2) is 69.7 Å². The molecule has 2 heterocycles. The number of fused-ring (bicyclic) bond motifs is 1. The molecule has 31 heavy (non-hydrogen) atoms. The molecule has 0 spiro atoms. The third-order valence-electron chi connectivity index (χ3n) is 5.55. The molecule has 2 aliphatic rings. The lowest BCUT2D eigenvalue weighted by Crippen LogP contribution is -2.43. The minimum atomic E-state index is -3.64. The van der Waals surface area contributed by atoms with Gasteiger partial charge in [-0.25, -0.2) is 8.42 Å². The monoisotopic (exact) mass is 469 g/mol. The van der Waals surface area contributed by atoms with Crippen molar-refractivity contribution >= 4 is 39.3 Å². The zero-order valence-electron chi connectivity index (χ0n) is 18.1. The van der Waals surface area contributed by atoms with E-state index in [9.17, 15) is 18.0 Å². The van der Waals surface area contributed by atoms with Crippen LogP contribution in [0.25, 0.3) is 0 Å². The van der Waals surface area contributed by atoms with Crippen molar-refractivity contribution in [3.8, 4) is 0 Å². The summed E-state index contributed by atoms with van der Waals surface area (Å²) in [5, 5.41) is 2.79. The van der Waals surface area contributed by atoms with E-state index < -0.39 is 10.0 Å². The summed E-state index contributed by atoms with van der Waals surface area (Å²) in [7, 11) is -3.64. The maximum atomic E-state index is 13.1. The molecule has 0 unspecified atom stereocenters. The van der Waals surface area contributed by atoms with Crippen LogP contribution in [-0.2, 0) is 24.3 Å². The summed E-state index contributed by atoms with van der Waals surface area (Å²) >= 11 is 1.36. The first-order chi connectivity index (χ1) is 14.8. The van der Waals surface area contributed by atoms with Gasteiger partial charge in [-0.1, -0.05) is 6.92 Å². The summed E-state index contributed by atoms with van der Waals surface area (Å²) in [5.41, 5.74) is 0.483. The van der Waals surface area contributed by atoms with E-state index in [0.717, 1.165) is 17.7 Å². The molecule has 10 heteroatoms. The number of hydrogen-bond donors (Lipinski definition) is 1. The second-order valence-corrected chi connectivity index (χ2v) is 10.8. The van der Waals surface area contributed by atoms with Crippen LogP contribution in [0.2, 0.25) is 0 Å². The van der Waals surface area contributed by atoms with Gasteiger partial charge in [-0.05, 0) is 50.3 Å². The number of nitrogens with zero attached hydrogens (tertiary/aromatic N) is 2. The normalized spacial score (nSPS) is 18.1. The van der Waals surface area contributed by atoms with E-state index in [1.165, 1.54) is 27.0 Å². The van der Waals surface area contributed by atoms with Crippen molar-refractivity contribution in [1.29, 1.82) is 0 Å². The minimum Gasteiger partial charge on any atom is -0.382 e. The number of nitrogens with one attached hydrogen (secondary N) is 1. The molecule has 8 nitrogen and oxygen atoms in total. The third-order valence-corrected chi connectivity index (χ3v) is 8.49. The Morgan fingerprint density at radius 1 is 1.29 bits per heavy atom. The molecule has 0 bridgehead atoms. The molecule has 2 amide bonds. The smallest absolute Gasteiger partial charge is 0.243 e. The second kappa shape index (κ2) is 10.8. The van der Waals surface area contributed by atoms with Crippen LogP contribution < -0.4 is 10.2 Å². The van der Waals surface area contributed by atoms with Gasteiger partial charge >= 0.3 is 0 Å². The Hall–Kier alpha value is -1.62. The van der Waals surface area contributed by atoms with Gasteiger partial charge in [0.05, 0.1) is 16.3 Å². The van der Waals surface area contributed by atoms with Crippen molar-refractivity contribution < 1.29 is 22.7 Å². The molecule has 3 rings (SSSR count). The van der Waals surface area contributed by atoms with Crippen molar-refractivity contribution in [3.05, 3.63) is 18.2 Å². The summed E-state index contributed by atoms with van der Waals surface area (Å²) in [5.74, 6) is 0.261. The first-order valence-corrected chi connectivity index (χ1v) is 13.2. The van der Waals surface area contributed by atoms with Crippen LogP contribution >= 0.6 is 11.8 Å². The Labute approximate surface area is 188 Å². The van der Waals surface area contributed by atoms with E-state index in [1.807, 2.05) is 6.92 Å². The van der Waals surface area contributed by atoms with E-state index in [-0.39, 0.29) is 29.0 Å². The second-order valence-electron chi connectivity index (χ2n) is 7.89. The predicted octanol–water partition coefficient (Wildman–Crippen LogP) is 2.09. The van der Waals surface area contributed by atoms with E-state index in [1.54, 1.807) is 12.1 Å². The average molecular weight is 470 g/mol. The van der Waals surface area contributed by atoms with Crippen molar-refractivity contribution in [2.75, 3.05) is 50.0 Å². The van der Waals surface area contributed by atoms with E-state index in [2.05, 4.69) is 12.2 Å². The maximum absolute atomic E-state index is 13.1. The van der Waals surface area contributed by atoms with Crippen molar-refractivity contribution in [2.45, 2.75) is 42.9 Å². The lowest BCUT2D eigenvalue weighted by atomic mass is 10.0. The highest BCUT2D eigenvalue weighted by molar-refractivity contribution is 8.00. The topological polar surface area (TPSA) is 96.0 Å². The summed E-state index contributed by atoms with van der Waals surface area (Å²) in [6, 6.07) is 4.87. The summed E-state index contributed by atoms with van der Waals surface area (Å²) in [6.45, 7) is 6.57. The molecule has 0 radical (unpaired) electrons. The van der Waals surface area contributed by atoms with Crippen LogP contribution in [0.5, 0.6) is 0 Å². The molecule has 1 aromatic carbocycles. The van der Waals surface area contributed by atoms with Crippen LogP contribution in [0, 0.1) is 5.92 Å². The van der Waals surface area contributed by atoms with Gasteiger partial charge in [0.2, 0.25) is 21.8 Å². The Kier molecular flexibility index (Phi) is 8.37. The minimum absolute atomic E-state index is 0.133. The van der Waals surface area contributed by atoms with E-state index >= 15 is 0 Å². The number of ether oxygens (including phenoxy) is 1. The summed E-state index contributed by atoms with van der Waals surface area (Å²) in [4.78, 5) is 27.3. The fraction of sp³-hybridized carbons (Fsp3) is 0.619. The van der Waals surface area contributed by atoms with Crippen molar-refractivity contribution in [1.82, 2.24) is 9.62 Å². The number of rotatable bonds is 9. The molecule has 1 fully saturated rings. The molecular formula is C21H31N3O5S2. The molecule has 1 N–H and O–H groups in total. The van der Waals surface area contributed by atoms with Crippen LogP contribution in [0.1, 0.15) is 33.1 Å². The van der Waals surface area contributed by atoms with Gasteiger partial charge in [-0.3, -0.25) is 9.59 Å². The van der Waals surface area contributed by atoms with E-state index in [0.29, 0.717) is 50.9 Å². The standard InChI is InChI=1S/C21H31N3O5S2/c1-3-29-12-4-9-22-20(25)14-24-18-13-17(5-6-19(18)30-15-21(24)26)31(27,28)23-10-7-16(2)8-11-23/h5-6,13,16H,3-4,7-12,14-15H2,1-2H3,(H,22,25). The van der Waals surface area contributed by atoms with Gasteiger partial charge in [0, 0.05) is 37.7 Å². The molecule has 0 saturated carbocycles. The highest BCUT2D eigenvalue weighted by Gasteiger charge is 2.32. The first-order valence-electron chi connectivity index (χ1n) is 10.7. The van der Waals surface area contributed by atoms with Crippen molar-refractivity contribution in [2.24, 2.45) is 5.92 Å². The molecule has 172 valence electrons.